The molecule has 9 nitrogen and oxygen atoms in total. The Morgan fingerprint density at radius 3 is 2.60 bits per heavy atom. The van der Waals surface area contributed by atoms with Gasteiger partial charge in [0.15, 0.2) is 11.5 Å². The predicted octanol–water partition coefficient (Wildman–Crippen LogP) is 1.09. The summed E-state index contributed by atoms with van der Waals surface area (Å²) in [7, 11) is 0. The van der Waals surface area contributed by atoms with Crippen molar-refractivity contribution in [1.82, 2.24) is 15.0 Å². The van der Waals surface area contributed by atoms with E-state index in [2.05, 4.69) is 20.3 Å². The Kier molecular flexibility index (Phi) is 4.18. The van der Waals surface area contributed by atoms with Gasteiger partial charge < -0.3 is 24.4 Å². The lowest BCUT2D eigenvalue weighted by Gasteiger charge is -2.26. The number of ether oxygens (including phenoxy) is 3. The molecule has 0 atom stereocenters. The summed E-state index contributed by atoms with van der Waals surface area (Å²) in [5.74, 6) is 2.22. The molecule has 1 fully saturated rings. The molecule has 0 saturated carbocycles. The van der Waals surface area contributed by atoms with Crippen LogP contribution in [0.25, 0.3) is 0 Å². The lowest BCUT2D eigenvalue weighted by atomic mass is 10.2. The number of aromatic nitrogens is 3. The summed E-state index contributed by atoms with van der Waals surface area (Å²) < 4.78 is 16.4. The van der Waals surface area contributed by atoms with Crippen LogP contribution >= 0.6 is 0 Å². The zero-order valence-corrected chi connectivity index (χ0v) is 13.4. The highest BCUT2D eigenvalue weighted by molar-refractivity contribution is 5.60. The first-order chi connectivity index (χ1) is 12.3. The summed E-state index contributed by atoms with van der Waals surface area (Å²) in [6.45, 7) is 3.64. The Morgan fingerprint density at radius 1 is 1.00 bits per heavy atom. The van der Waals surface area contributed by atoms with Crippen molar-refractivity contribution in [2.45, 2.75) is 0 Å². The molecule has 2 aliphatic rings. The zero-order chi connectivity index (χ0) is 17.1. The minimum absolute atomic E-state index is 0.0662. The minimum Gasteiger partial charge on any atom is -0.486 e. The third-order valence-electron chi connectivity index (χ3n) is 3.82. The van der Waals surface area contributed by atoms with E-state index in [0.29, 0.717) is 62.9 Å². The summed E-state index contributed by atoms with van der Waals surface area (Å²) in [5.41, 5.74) is 0.743. The van der Waals surface area contributed by atoms with Crippen LogP contribution in [-0.4, -0.2) is 54.5 Å². The van der Waals surface area contributed by atoms with Gasteiger partial charge in [0.05, 0.1) is 13.2 Å². The molecule has 9 heteroatoms. The Bertz CT molecular complexity index is 816. The van der Waals surface area contributed by atoms with E-state index in [1.54, 1.807) is 0 Å². The van der Waals surface area contributed by atoms with Gasteiger partial charge in [0.1, 0.15) is 19.3 Å². The molecule has 1 aromatic carbocycles. The average Bonchev–Trinajstić information content (AvgIpc) is 2.68. The van der Waals surface area contributed by atoms with E-state index in [1.165, 1.54) is 0 Å². The molecule has 0 bridgehead atoms. The molecule has 1 saturated heterocycles. The fourth-order valence-corrected chi connectivity index (χ4v) is 2.63. The summed E-state index contributed by atoms with van der Waals surface area (Å²) in [4.78, 5) is 14.7. The molecule has 0 radical (unpaired) electrons. The highest BCUT2D eigenvalue weighted by Crippen LogP contribution is 2.33. The largest absolute Gasteiger partial charge is 0.486 e. The number of nitrogens with one attached hydrogen (secondary N) is 1. The minimum atomic E-state index is 0.0662. The topological polar surface area (TPSA) is 105 Å². The number of benzene rings is 1. The van der Waals surface area contributed by atoms with Gasteiger partial charge in [-0.1, -0.05) is 0 Å². The van der Waals surface area contributed by atoms with Gasteiger partial charge in [0.25, 0.3) is 0 Å². The number of hydrogen-bond donors (Lipinski definition) is 1. The summed E-state index contributed by atoms with van der Waals surface area (Å²) in [6, 6.07) is 7.47. The monoisotopic (exact) mass is 340 g/mol. The quantitative estimate of drug-likeness (QED) is 0.879. The molecule has 4 rings (SSSR count). The van der Waals surface area contributed by atoms with Gasteiger partial charge >= 0.3 is 0 Å². The smallest absolute Gasteiger partial charge is 0.238 e. The Morgan fingerprint density at radius 2 is 1.80 bits per heavy atom. The van der Waals surface area contributed by atoms with E-state index in [0.717, 1.165) is 5.69 Å². The number of nitriles is 1. The Hall–Kier alpha value is -3.12. The Labute approximate surface area is 144 Å². The van der Waals surface area contributed by atoms with Crippen LogP contribution in [0.3, 0.4) is 0 Å². The summed E-state index contributed by atoms with van der Waals surface area (Å²) >= 11 is 0. The molecule has 25 heavy (non-hydrogen) atoms. The molecule has 1 N–H and O–H groups in total. The first-order valence-corrected chi connectivity index (χ1v) is 7.97. The van der Waals surface area contributed by atoms with Crippen molar-refractivity contribution in [3.05, 3.63) is 24.0 Å². The number of morpholine rings is 1. The second-order valence-electron chi connectivity index (χ2n) is 5.48. The number of fused-ring (bicyclic) bond motifs is 1. The Balaban J connectivity index is 1.60. The molecule has 2 aromatic rings. The fourth-order valence-electron chi connectivity index (χ4n) is 2.63. The van der Waals surface area contributed by atoms with Crippen LogP contribution in [0.4, 0.5) is 17.6 Å². The van der Waals surface area contributed by atoms with Gasteiger partial charge in [-0.3, -0.25) is 0 Å². The van der Waals surface area contributed by atoms with Crippen LogP contribution in [-0.2, 0) is 4.74 Å². The lowest BCUT2D eigenvalue weighted by Crippen LogP contribution is -2.37. The first-order valence-electron chi connectivity index (χ1n) is 7.97. The highest BCUT2D eigenvalue weighted by atomic mass is 16.6. The second-order valence-corrected chi connectivity index (χ2v) is 5.48. The first kappa shape index (κ1) is 15.4. The van der Waals surface area contributed by atoms with E-state index >= 15 is 0 Å². The molecular weight excluding hydrogens is 324 g/mol. The van der Waals surface area contributed by atoms with Crippen LogP contribution in [0.15, 0.2) is 18.2 Å². The van der Waals surface area contributed by atoms with Gasteiger partial charge in [0.2, 0.25) is 17.7 Å². The summed E-state index contributed by atoms with van der Waals surface area (Å²) in [5, 5.41) is 12.3. The fraction of sp³-hybridized carbons (Fsp3) is 0.375. The zero-order valence-electron chi connectivity index (χ0n) is 13.4. The van der Waals surface area contributed by atoms with Gasteiger partial charge in [-0.05, 0) is 12.1 Å². The lowest BCUT2D eigenvalue weighted by molar-refractivity contribution is 0.122. The second kappa shape index (κ2) is 6.78. The highest BCUT2D eigenvalue weighted by Gasteiger charge is 2.17. The van der Waals surface area contributed by atoms with Crippen LogP contribution in [0.1, 0.15) is 5.82 Å². The van der Waals surface area contributed by atoms with Crippen molar-refractivity contribution in [2.75, 3.05) is 49.7 Å². The van der Waals surface area contributed by atoms with Crippen molar-refractivity contribution >= 4 is 17.6 Å². The van der Waals surface area contributed by atoms with E-state index in [9.17, 15) is 5.26 Å². The number of hydrogen-bond acceptors (Lipinski definition) is 9. The van der Waals surface area contributed by atoms with Crippen molar-refractivity contribution in [2.24, 2.45) is 0 Å². The van der Waals surface area contributed by atoms with Gasteiger partial charge in [-0.15, -0.1) is 0 Å². The maximum Gasteiger partial charge on any atom is 0.238 e. The van der Waals surface area contributed by atoms with E-state index in [4.69, 9.17) is 14.2 Å². The van der Waals surface area contributed by atoms with Crippen molar-refractivity contribution in [3.63, 3.8) is 0 Å². The predicted molar refractivity (Wildman–Crippen MR) is 88.3 cm³/mol. The standard InChI is InChI=1S/C16H16N6O3/c17-10-14-19-15(21-16(20-14)22-3-5-23-6-4-22)18-11-1-2-12-13(9-11)25-8-7-24-12/h1-2,9H,3-8H2,(H,18,19,20,21). The molecule has 3 heterocycles. The number of rotatable bonds is 3. The van der Waals surface area contributed by atoms with Crippen molar-refractivity contribution < 1.29 is 14.2 Å². The molecule has 128 valence electrons. The van der Waals surface area contributed by atoms with Crippen LogP contribution in [0, 0.1) is 11.3 Å². The van der Waals surface area contributed by atoms with Gasteiger partial charge in [-0.2, -0.15) is 20.2 Å². The average molecular weight is 340 g/mol. The van der Waals surface area contributed by atoms with Gasteiger partial charge in [-0.25, -0.2) is 0 Å². The molecule has 1 aromatic heterocycles. The maximum absolute atomic E-state index is 9.20. The third kappa shape index (κ3) is 3.39. The molecule has 0 unspecified atom stereocenters. The molecule has 0 aliphatic carbocycles. The molecule has 0 amide bonds. The molecular formula is C16H16N6O3. The van der Waals surface area contributed by atoms with Crippen molar-refractivity contribution in [3.8, 4) is 17.6 Å². The van der Waals surface area contributed by atoms with E-state index in [-0.39, 0.29) is 5.82 Å². The number of nitrogens with zero attached hydrogens (tertiary/aromatic N) is 5. The van der Waals surface area contributed by atoms with Crippen LogP contribution < -0.4 is 19.7 Å². The molecule has 2 aliphatic heterocycles. The SMILES string of the molecule is N#Cc1nc(Nc2ccc3c(c2)OCCO3)nc(N2CCOCC2)n1. The van der Waals surface area contributed by atoms with Crippen LogP contribution in [0.2, 0.25) is 0 Å². The van der Waals surface area contributed by atoms with E-state index < -0.39 is 0 Å². The van der Waals surface area contributed by atoms with Crippen LogP contribution in [0.5, 0.6) is 11.5 Å². The maximum atomic E-state index is 9.20. The normalized spacial score (nSPS) is 16.2. The molecule has 0 spiro atoms. The van der Waals surface area contributed by atoms with E-state index in [1.807, 2.05) is 29.2 Å². The third-order valence-corrected chi connectivity index (χ3v) is 3.82. The van der Waals surface area contributed by atoms with Gasteiger partial charge in [0, 0.05) is 24.8 Å². The van der Waals surface area contributed by atoms with Crippen molar-refractivity contribution in [1.29, 1.82) is 5.26 Å². The number of anilines is 3. The summed E-state index contributed by atoms with van der Waals surface area (Å²) in [6.07, 6.45) is 0.